The van der Waals surface area contributed by atoms with Crippen LogP contribution in [0.3, 0.4) is 0 Å². The maximum Gasteiger partial charge on any atom is 0.243 e. The number of likely N-dealkylation sites (N-methyl/N-ethyl adjacent to an activating group) is 1. The first-order chi connectivity index (χ1) is 4.95. The summed E-state index contributed by atoms with van der Waals surface area (Å²) in [4.78, 5) is 10.9. The van der Waals surface area contributed by atoms with Gasteiger partial charge in [-0.05, 0) is 18.4 Å². The Labute approximate surface area is 68.7 Å². The number of hydrogen-bond acceptors (Lipinski definition) is 1. The smallest absolute Gasteiger partial charge is 0.243 e. The number of amides is 1. The Balaban J connectivity index is 3.83. The Hall–Kier alpha value is -0.790. The monoisotopic (exact) mass is 155 g/mol. The largest absolute Gasteiger partial charge is 0.353 e. The first-order valence-corrected chi connectivity index (χ1v) is 3.93. The molecule has 2 heteroatoms. The molecule has 0 rings (SSSR count). The van der Waals surface area contributed by atoms with E-state index in [4.69, 9.17) is 0 Å². The fourth-order valence-electron chi connectivity index (χ4n) is 0.559. The molecule has 0 aliphatic rings. The fraction of sp³-hybridized carbons (Fsp3) is 0.667. The summed E-state index contributed by atoms with van der Waals surface area (Å²) in [7, 11) is 0. The van der Waals surface area contributed by atoms with Crippen molar-refractivity contribution in [3.05, 3.63) is 12.2 Å². The lowest BCUT2D eigenvalue weighted by Gasteiger charge is -2.10. The van der Waals surface area contributed by atoms with Crippen molar-refractivity contribution < 1.29 is 4.79 Å². The van der Waals surface area contributed by atoms with Crippen LogP contribution in [0, 0.1) is 5.41 Å². The van der Waals surface area contributed by atoms with Gasteiger partial charge in [0.25, 0.3) is 0 Å². The summed E-state index contributed by atoms with van der Waals surface area (Å²) < 4.78 is 0. The topological polar surface area (TPSA) is 29.1 Å². The van der Waals surface area contributed by atoms with Gasteiger partial charge in [0.2, 0.25) is 5.91 Å². The van der Waals surface area contributed by atoms with Crippen molar-refractivity contribution in [1.29, 1.82) is 0 Å². The van der Waals surface area contributed by atoms with Gasteiger partial charge in [0.15, 0.2) is 0 Å². The summed E-state index contributed by atoms with van der Waals surface area (Å²) in [5.74, 6) is -0.0116. The van der Waals surface area contributed by atoms with Crippen molar-refractivity contribution in [1.82, 2.24) is 5.32 Å². The summed E-state index contributed by atoms with van der Waals surface area (Å²) >= 11 is 0. The van der Waals surface area contributed by atoms with E-state index in [1.807, 2.05) is 13.0 Å². The summed E-state index contributed by atoms with van der Waals surface area (Å²) in [6.07, 6.45) is 3.49. The number of carbonyl (C=O) groups excluding carboxylic acids is 1. The molecule has 0 aliphatic heterocycles. The number of rotatable bonds is 2. The fourth-order valence-corrected chi connectivity index (χ4v) is 0.559. The molecule has 0 aromatic carbocycles. The van der Waals surface area contributed by atoms with Crippen molar-refractivity contribution in [3.8, 4) is 0 Å². The SMILES string of the molecule is CCNC(=O)/C=C\C(C)(C)C. The van der Waals surface area contributed by atoms with E-state index in [-0.39, 0.29) is 11.3 Å². The van der Waals surface area contributed by atoms with Crippen LogP contribution in [-0.4, -0.2) is 12.5 Å². The molecule has 0 heterocycles. The molecule has 0 bridgehead atoms. The highest BCUT2D eigenvalue weighted by Gasteiger charge is 2.04. The minimum Gasteiger partial charge on any atom is -0.353 e. The molecule has 0 unspecified atom stereocenters. The van der Waals surface area contributed by atoms with Gasteiger partial charge in [-0.25, -0.2) is 0 Å². The molecule has 0 saturated carbocycles. The summed E-state index contributed by atoms with van der Waals surface area (Å²) in [5, 5.41) is 2.69. The molecular weight excluding hydrogens is 138 g/mol. The van der Waals surface area contributed by atoms with Gasteiger partial charge in [-0.1, -0.05) is 26.8 Å². The van der Waals surface area contributed by atoms with Gasteiger partial charge < -0.3 is 5.32 Å². The standard InChI is InChI=1S/C9H17NO/c1-5-10-8(11)6-7-9(2,3)4/h6-7H,5H2,1-4H3,(H,10,11)/b7-6-. The van der Waals surface area contributed by atoms with Crippen LogP contribution in [0.1, 0.15) is 27.7 Å². The van der Waals surface area contributed by atoms with Gasteiger partial charge in [-0.15, -0.1) is 0 Å². The molecule has 0 spiro atoms. The van der Waals surface area contributed by atoms with E-state index in [1.54, 1.807) is 6.08 Å². The van der Waals surface area contributed by atoms with Crippen LogP contribution in [-0.2, 0) is 4.79 Å². The average Bonchev–Trinajstić information content (AvgIpc) is 1.83. The Morgan fingerprint density at radius 1 is 1.45 bits per heavy atom. The van der Waals surface area contributed by atoms with E-state index in [1.165, 1.54) is 0 Å². The minimum absolute atomic E-state index is 0.0116. The predicted octanol–water partition coefficient (Wildman–Crippen LogP) is 1.72. The zero-order valence-corrected chi connectivity index (χ0v) is 7.77. The van der Waals surface area contributed by atoms with Gasteiger partial charge >= 0.3 is 0 Å². The maximum absolute atomic E-state index is 10.9. The van der Waals surface area contributed by atoms with Gasteiger partial charge in [0.1, 0.15) is 0 Å². The number of nitrogens with one attached hydrogen (secondary N) is 1. The van der Waals surface area contributed by atoms with Crippen molar-refractivity contribution in [2.45, 2.75) is 27.7 Å². The Morgan fingerprint density at radius 3 is 2.36 bits per heavy atom. The zero-order valence-electron chi connectivity index (χ0n) is 7.77. The lowest BCUT2D eigenvalue weighted by atomic mass is 9.96. The highest BCUT2D eigenvalue weighted by Crippen LogP contribution is 2.13. The van der Waals surface area contributed by atoms with E-state index in [2.05, 4.69) is 26.1 Å². The molecule has 0 saturated heterocycles. The molecular formula is C9H17NO. The van der Waals surface area contributed by atoms with Crippen LogP contribution in [0.4, 0.5) is 0 Å². The first-order valence-electron chi connectivity index (χ1n) is 3.93. The molecule has 0 fully saturated rings. The van der Waals surface area contributed by atoms with Gasteiger partial charge in [0, 0.05) is 6.54 Å². The second-order valence-corrected chi connectivity index (χ2v) is 3.59. The number of hydrogen-bond donors (Lipinski definition) is 1. The van der Waals surface area contributed by atoms with Crippen molar-refractivity contribution >= 4 is 5.91 Å². The summed E-state index contributed by atoms with van der Waals surface area (Å²) in [5.41, 5.74) is 0.0884. The highest BCUT2D eigenvalue weighted by atomic mass is 16.1. The van der Waals surface area contributed by atoms with Gasteiger partial charge in [-0.2, -0.15) is 0 Å². The van der Waals surface area contributed by atoms with E-state index < -0.39 is 0 Å². The first kappa shape index (κ1) is 10.2. The zero-order chi connectivity index (χ0) is 8.91. The lowest BCUT2D eigenvalue weighted by molar-refractivity contribution is -0.116. The third-order valence-electron chi connectivity index (χ3n) is 1.09. The maximum atomic E-state index is 10.9. The van der Waals surface area contributed by atoms with Crippen LogP contribution < -0.4 is 5.32 Å². The van der Waals surface area contributed by atoms with E-state index in [0.717, 1.165) is 0 Å². The van der Waals surface area contributed by atoms with Crippen molar-refractivity contribution in [2.24, 2.45) is 5.41 Å². The molecule has 1 N–H and O–H groups in total. The molecule has 1 amide bonds. The second kappa shape index (κ2) is 4.16. The summed E-state index contributed by atoms with van der Waals surface area (Å²) in [6, 6.07) is 0. The molecule has 0 atom stereocenters. The summed E-state index contributed by atoms with van der Waals surface area (Å²) in [6.45, 7) is 8.77. The molecule has 0 aromatic rings. The van der Waals surface area contributed by atoms with Gasteiger partial charge in [-0.3, -0.25) is 4.79 Å². The highest BCUT2D eigenvalue weighted by molar-refractivity contribution is 5.87. The van der Waals surface area contributed by atoms with Crippen molar-refractivity contribution in [2.75, 3.05) is 6.54 Å². The molecule has 11 heavy (non-hydrogen) atoms. The van der Waals surface area contributed by atoms with Crippen molar-refractivity contribution in [3.63, 3.8) is 0 Å². The van der Waals surface area contributed by atoms with E-state index in [0.29, 0.717) is 6.54 Å². The van der Waals surface area contributed by atoms with Crippen LogP contribution in [0.5, 0.6) is 0 Å². The van der Waals surface area contributed by atoms with Crippen LogP contribution >= 0.6 is 0 Å². The molecule has 2 nitrogen and oxygen atoms in total. The van der Waals surface area contributed by atoms with Gasteiger partial charge in [0.05, 0.1) is 0 Å². The minimum atomic E-state index is -0.0116. The van der Waals surface area contributed by atoms with E-state index >= 15 is 0 Å². The van der Waals surface area contributed by atoms with Crippen LogP contribution in [0.2, 0.25) is 0 Å². The average molecular weight is 155 g/mol. The Kier molecular flexibility index (Phi) is 3.86. The molecule has 0 radical (unpaired) electrons. The molecule has 64 valence electrons. The third kappa shape index (κ3) is 7.10. The number of carbonyl (C=O) groups is 1. The normalized spacial score (nSPS) is 12.0. The molecule has 0 aliphatic carbocycles. The molecule has 0 aromatic heterocycles. The number of allylic oxidation sites excluding steroid dienone is 1. The Bertz CT molecular complexity index is 153. The van der Waals surface area contributed by atoms with Crippen LogP contribution in [0.15, 0.2) is 12.2 Å². The lowest BCUT2D eigenvalue weighted by Crippen LogP contribution is -2.20. The predicted molar refractivity (Wildman–Crippen MR) is 47.3 cm³/mol. The second-order valence-electron chi connectivity index (χ2n) is 3.59. The third-order valence-corrected chi connectivity index (χ3v) is 1.09. The van der Waals surface area contributed by atoms with E-state index in [9.17, 15) is 4.79 Å². The van der Waals surface area contributed by atoms with Crippen LogP contribution in [0.25, 0.3) is 0 Å². The quantitative estimate of drug-likeness (QED) is 0.604. The Morgan fingerprint density at radius 2 is 2.00 bits per heavy atom.